The third-order valence-corrected chi connectivity index (χ3v) is 5.24. The maximum absolute atomic E-state index is 6.24. The Morgan fingerprint density at radius 2 is 1.75 bits per heavy atom. The van der Waals surface area contributed by atoms with Gasteiger partial charge in [-0.3, -0.25) is 0 Å². The van der Waals surface area contributed by atoms with E-state index in [2.05, 4.69) is 60.3 Å². The molecule has 0 unspecified atom stereocenters. The summed E-state index contributed by atoms with van der Waals surface area (Å²) in [5, 5.41) is 4.07. The van der Waals surface area contributed by atoms with Crippen molar-refractivity contribution in [2.75, 3.05) is 17.6 Å². The number of aromatic nitrogens is 2. The van der Waals surface area contributed by atoms with Gasteiger partial charge in [0.2, 0.25) is 5.95 Å². The second kappa shape index (κ2) is 8.19. The molecule has 0 radical (unpaired) electrons. The summed E-state index contributed by atoms with van der Waals surface area (Å²) in [7, 11) is 0. The monoisotopic (exact) mass is 394 g/mol. The minimum atomic E-state index is 0.171. The Bertz CT molecular complexity index is 959. The summed E-state index contributed by atoms with van der Waals surface area (Å²) < 4.78 is 0. The molecule has 0 fully saturated rings. The van der Waals surface area contributed by atoms with Crippen LogP contribution in [0.4, 0.5) is 11.8 Å². The van der Waals surface area contributed by atoms with Gasteiger partial charge in [0.05, 0.1) is 5.69 Å². The van der Waals surface area contributed by atoms with Gasteiger partial charge in [0.1, 0.15) is 5.82 Å². The number of rotatable bonds is 5. The highest BCUT2D eigenvalue weighted by Crippen LogP contribution is 2.28. The van der Waals surface area contributed by atoms with E-state index in [-0.39, 0.29) is 11.4 Å². The van der Waals surface area contributed by atoms with E-state index in [9.17, 15) is 0 Å². The van der Waals surface area contributed by atoms with Crippen molar-refractivity contribution >= 4 is 23.4 Å². The van der Waals surface area contributed by atoms with Crippen LogP contribution >= 0.6 is 11.6 Å². The maximum Gasteiger partial charge on any atom is 0.222 e. The molecule has 1 aromatic heterocycles. The highest BCUT2D eigenvalue weighted by molar-refractivity contribution is 6.31. The van der Waals surface area contributed by atoms with E-state index in [1.165, 1.54) is 11.1 Å². The van der Waals surface area contributed by atoms with Gasteiger partial charge in [-0.2, -0.15) is 4.98 Å². The van der Waals surface area contributed by atoms with Crippen molar-refractivity contribution in [3.8, 4) is 11.3 Å². The van der Waals surface area contributed by atoms with Crippen LogP contribution < -0.4 is 11.1 Å². The first kappa shape index (κ1) is 20.2. The molecule has 3 N–H and O–H groups in total. The standard InChI is InChI=1S/C23H27ClN4/c1-15-18(6-5-7-19(15)24)20-14-21(28-22(25)27-20)26-13-12-16-8-10-17(11-9-16)23(2,3)4/h5-11,14H,12-13H2,1-4H3,(H3,25,26,27,28). The lowest BCUT2D eigenvalue weighted by Crippen LogP contribution is -2.11. The van der Waals surface area contributed by atoms with Crippen molar-refractivity contribution in [2.45, 2.75) is 39.5 Å². The molecule has 4 nitrogen and oxygen atoms in total. The van der Waals surface area contributed by atoms with Crippen molar-refractivity contribution in [2.24, 2.45) is 0 Å². The first-order chi connectivity index (χ1) is 13.2. The molecule has 3 rings (SSSR count). The molecule has 0 amide bonds. The lowest BCUT2D eigenvalue weighted by molar-refractivity contribution is 0.590. The third kappa shape index (κ3) is 4.82. The number of nitrogen functional groups attached to an aromatic ring is 1. The van der Waals surface area contributed by atoms with Crippen molar-refractivity contribution in [3.63, 3.8) is 0 Å². The largest absolute Gasteiger partial charge is 0.370 e. The molecule has 146 valence electrons. The number of hydrogen-bond acceptors (Lipinski definition) is 4. The van der Waals surface area contributed by atoms with Gasteiger partial charge >= 0.3 is 0 Å². The molecule has 28 heavy (non-hydrogen) atoms. The molecule has 0 aliphatic heterocycles. The molecule has 2 aromatic carbocycles. The number of halogens is 1. The normalized spacial score (nSPS) is 11.5. The fourth-order valence-corrected chi connectivity index (χ4v) is 3.26. The highest BCUT2D eigenvalue weighted by atomic mass is 35.5. The van der Waals surface area contributed by atoms with Crippen LogP contribution in [0.3, 0.4) is 0 Å². The molecule has 5 heteroatoms. The number of anilines is 2. The number of nitrogens with two attached hydrogens (primary N) is 1. The van der Waals surface area contributed by atoms with Crippen molar-refractivity contribution < 1.29 is 0 Å². The molecule has 0 saturated carbocycles. The topological polar surface area (TPSA) is 63.8 Å². The summed E-state index contributed by atoms with van der Waals surface area (Å²) in [6.07, 6.45) is 0.903. The van der Waals surface area contributed by atoms with E-state index in [0.717, 1.165) is 29.8 Å². The van der Waals surface area contributed by atoms with Crippen LogP contribution in [0, 0.1) is 6.92 Å². The molecule has 0 aliphatic carbocycles. The van der Waals surface area contributed by atoms with Gasteiger partial charge in [0, 0.05) is 23.2 Å². The highest BCUT2D eigenvalue weighted by Gasteiger charge is 2.13. The Balaban J connectivity index is 1.70. The van der Waals surface area contributed by atoms with E-state index in [1.807, 2.05) is 31.2 Å². The predicted octanol–water partition coefficient (Wildman–Crippen LogP) is 5.64. The zero-order chi connectivity index (χ0) is 20.3. The van der Waals surface area contributed by atoms with E-state index in [1.54, 1.807) is 0 Å². The lowest BCUT2D eigenvalue weighted by atomic mass is 9.86. The summed E-state index contributed by atoms with van der Waals surface area (Å²) in [6, 6.07) is 16.5. The summed E-state index contributed by atoms with van der Waals surface area (Å²) >= 11 is 6.24. The Hall–Kier alpha value is -2.59. The van der Waals surface area contributed by atoms with Gasteiger partial charge in [0.25, 0.3) is 0 Å². The first-order valence-corrected chi connectivity index (χ1v) is 9.85. The quantitative estimate of drug-likeness (QED) is 0.587. The average Bonchev–Trinajstić information content (AvgIpc) is 2.63. The van der Waals surface area contributed by atoms with Gasteiger partial charge in [-0.15, -0.1) is 0 Å². The molecule has 3 aromatic rings. The maximum atomic E-state index is 6.24. The van der Waals surface area contributed by atoms with Gasteiger partial charge in [-0.1, -0.05) is 68.8 Å². The van der Waals surface area contributed by atoms with Crippen LogP contribution in [0.2, 0.25) is 5.02 Å². The van der Waals surface area contributed by atoms with Crippen LogP contribution in [0.1, 0.15) is 37.5 Å². The second-order valence-electron chi connectivity index (χ2n) is 8.03. The summed E-state index contributed by atoms with van der Waals surface area (Å²) in [5.74, 6) is 0.960. The average molecular weight is 395 g/mol. The number of nitrogens with one attached hydrogen (secondary N) is 1. The van der Waals surface area contributed by atoms with E-state index in [0.29, 0.717) is 10.8 Å². The van der Waals surface area contributed by atoms with Crippen LogP contribution in [-0.2, 0) is 11.8 Å². The number of hydrogen-bond donors (Lipinski definition) is 2. The lowest BCUT2D eigenvalue weighted by Gasteiger charge is -2.19. The van der Waals surface area contributed by atoms with Crippen LogP contribution in [0.5, 0.6) is 0 Å². The molecular formula is C23H27ClN4. The Morgan fingerprint density at radius 3 is 2.43 bits per heavy atom. The molecule has 0 atom stereocenters. The number of nitrogens with zero attached hydrogens (tertiary/aromatic N) is 2. The zero-order valence-electron chi connectivity index (χ0n) is 16.9. The molecule has 1 heterocycles. The molecular weight excluding hydrogens is 368 g/mol. The SMILES string of the molecule is Cc1c(Cl)cccc1-c1cc(NCCc2ccc(C(C)(C)C)cc2)nc(N)n1. The van der Waals surface area contributed by atoms with Crippen molar-refractivity contribution in [1.82, 2.24) is 9.97 Å². The van der Waals surface area contributed by atoms with Crippen molar-refractivity contribution in [1.29, 1.82) is 0 Å². The molecule has 0 saturated heterocycles. The summed E-state index contributed by atoms with van der Waals surface area (Å²) in [5.41, 5.74) is 11.4. The van der Waals surface area contributed by atoms with Gasteiger partial charge in [-0.05, 0) is 41.5 Å². The minimum Gasteiger partial charge on any atom is -0.370 e. The summed E-state index contributed by atoms with van der Waals surface area (Å²) in [4.78, 5) is 8.68. The third-order valence-electron chi connectivity index (χ3n) is 4.83. The Labute approximate surface area is 172 Å². The van der Waals surface area contributed by atoms with Gasteiger partial charge < -0.3 is 11.1 Å². The van der Waals surface area contributed by atoms with E-state index < -0.39 is 0 Å². The smallest absolute Gasteiger partial charge is 0.222 e. The van der Waals surface area contributed by atoms with Gasteiger partial charge in [-0.25, -0.2) is 4.98 Å². The minimum absolute atomic E-state index is 0.171. The van der Waals surface area contributed by atoms with Crippen LogP contribution in [-0.4, -0.2) is 16.5 Å². The van der Waals surface area contributed by atoms with Crippen molar-refractivity contribution in [3.05, 3.63) is 70.2 Å². The number of benzene rings is 2. The van der Waals surface area contributed by atoms with Gasteiger partial charge in [0.15, 0.2) is 0 Å². The summed E-state index contributed by atoms with van der Waals surface area (Å²) in [6.45, 7) is 9.41. The fourth-order valence-electron chi connectivity index (χ4n) is 3.09. The first-order valence-electron chi connectivity index (χ1n) is 9.47. The van der Waals surface area contributed by atoms with E-state index >= 15 is 0 Å². The van der Waals surface area contributed by atoms with Crippen LogP contribution in [0.25, 0.3) is 11.3 Å². The Kier molecular flexibility index (Phi) is 5.90. The van der Waals surface area contributed by atoms with Crippen LogP contribution in [0.15, 0.2) is 48.5 Å². The molecule has 0 bridgehead atoms. The molecule has 0 aliphatic rings. The van der Waals surface area contributed by atoms with E-state index in [4.69, 9.17) is 17.3 Å². The second-order valence-corrected chi connectivity index (χ2v) is 8.44. The fraction of sp³-hybridized carbons (Fsp3) is 0.304. The Morgan fingerprint density at radius 1 is 1.04 bits per heavy atom. The zero-order valence-corrected chi connectivity index (χ0v) is 17.6. The predicted molar refractivity (Wildman–Crippen MR) is 119 cm³/mol. The molecule has 0 spiro atoms.